The number of hydrogen-bond donors (Lipinski definition) is 0. The normalized spacial score (nSPS) is 19.7. The fourth-order valence-corrected chi connectivity index (χ4v) is 3.43. The van der Waals surface area contributed by atoms with Gasteiger partial charge in [-0.3, -0.25) is 4.79 Å². The molecule has 1 fully saturated rings. The quantitative estimate of drug-likeness (QED) is 0.211. The molecule has 4 nitrogen and oxygen atoms in total. The van der Waals surface area contributed by atoms with E-state index in [1.807, 2.05) is 6.08 Å². The molecule has 0 saturated heterocycles. The molecule has 2 atom stereocenters. The molecule has 0 bridgehead atoms. The molecule has 138 valence electrons. The first-order chi connectivity index (χ1) is 11.7. The Kier molecular flexibility index (Phi) is 15.7. The van der Waals surface area contributed by atoms with Gasteiger partial charge in [-0.05, 0) is 32.1 Å². The van der Waals surface area contributed by atoms with E-state index in [4.69, 9.17) is 4.74 Å². The monoisotopic (exact) mass is 360 g/mol. The van der Waals surface area contributed by atoms with Crippen molar-refractivity contribution in [2.45, 2.75) is 83.5 Å². The van der Waals surface area contributed by atoms with E-state index in [1.165, 1.54) is 38.5 Å². The van der Waals surface area contributed by atoms with Crippen LogP contribution in [0.4, 0.5) is 0 Å². The minimum atomic E-state index is -1.11. The molecule has 0 amide bonds. The average molecular weight is 360 g/mol. The molecule has 0 heterocycles. The second kappa shape index (κ2) is 15.9. The van der Waals surface area contributed by atoms with Crippen molar-refractivity contribution in [3.63, 3.8) is 0 Å². The van der Waals surface area contributed by atoms with Gasteiger partial charge >= 0.3 is 35.5 Å². The number of hydrogen-bond acceptors (Lipinski definition) is 4. The average Bonchev–Trinajstić information content (AvgIpc) is 2.59. The van der Waals surface area contributed by atoms with Crippen molar-refractivity contribution in [2.24, 2.45) is 11.8 Å². The van der Waals surface area contributed by atoms with E-state index >= 15 is 0 Å². The molecule has 0 radical (unpaired) electrons. The van der Waals surface area contributed by atoms with Crippen LogP contribution in [0.25, 0.3) is 0 Å². The van der Waals surface area contributed by atoms with Gasteiger partial charge in [0.1, 0.15) is 0 Å². The standard InChI is InChI=1S/C20H34O4.Na/c1-2-3-4-5-6-7-8-9-10-13-16-24-20(23)18-15-12-11-14-17(18)19(21)22;/h2,17-18H,1,3-16H2,(H,21,22);/q;+1/p-1. The van der Waals surface area contributed by atoms with Crippen LogP contribution in [-0.4, -0.2) is 18.5 Å². The zero-order valence-corrected chi connectivity index (χ0v) is 18.0. The summed E-state index contributed by atoms with van der Waals surface area (Å²) in [4.78, 5) is 23.2. The number of aliphatic carboxylic acids is 1. The maximum Gasteiger partial charge on any atom is 1.00 e. The van der Waals surface area contributed by atoms with Crippen LogP contribution in [0.3, 0.4) is 0 Å². The molecule has 0 N–H and O–H groups in total. The summed E-state index contributed by atoms with van der Waals surface area (Å²) in [5.41, 5.74) is 0. The Morgan fingerprint density at radius 3 is 2.00 bits per heavy atom. The number of carboxylic acids is 1. The summed E-state index contributed by atoms with van der Waals surface area (Å²) in [6, 6.07) is 0. The second-order valence-electron chi connectivity index (χ2n) is 6.89. The number of esters is 1. The van der Waals surface area contributed by atoms with Gasteiger partial charge in [0.2, 0.25) is 0 Å². The van der Waals surface area contributed by atoms with E-state index in [9.17, 15) is 14.7 Å². The summed E-state index contributed by atoms with van der Waals surface area (Å²) in [5.74, 6) is -2.61. The molecule has 0 aliphatic heterocycles. The summed E-state index contributed by atoms with van der Waals surface area (Å²) < 4.78 is 5.29. The van der Waals surface area contributed by atoms with E-state index in [0.29, 0.717) is 19.4 Å². The van der Waals surface area contributed by atoms with E-state index in [0.717, 1.165) is 32.1 Å². The predicted molar refractivity (Wildman–Crippen MR) is 93.2 cm³/mol. The topological polar surface area (TPSA) is 66.4 Å². The van der Waals surface area contributed by atoms with Crippen molar-refractivity contribution in [2.75, 3.05) is 6.61 Å². The Hall–Kier alpha value is -0.320. The van der Waals surface area contributed by atoms with Crippen LogP contribution in [0.2, 0.25) is 0 Å². The summed E-state index contributed by atoms with van der Waals surface area (Å²) in [5, 5.41) is 11.1. The molecule has 0 aromatic carbocycles. The molecule has 1 aliphatic rings. The van der Waals surface area contributed by atoms with Gasteiger partial charge in [0.05, 0.1) is 12.5 Å². The minimum absolute atomic E-state index is 0. The molecule has 25 heavy (non-hydrogen) atoms. The fraction of sp³-hybridized carbons (Fsp3) is 0.800. The number of ether oxygens (including phenoxy) is 1. The SMILES string of the molecule is C=CCCCCCCCCCCOC(=O)C1CCCCC1C(=O)[O-].[Na+]. The molecule has 0 spiro atoms. The Labute approximate surface area is 175 Å². The van der Waals surface area contributed by atoms with Crippen molar-refractivity contribution in [3.05, 3.63) is 12.7 Å². The van der Waals surface area contributed by atoms with Gasteiger partial charge in [-0.2, -0.15) is 0 Å². The Morgan fingerprint density at radius 2 is 1.44 bits per heavy atom. The predicted octanol–water partition coefficient (Wildman–Crippen LogP) is 0.787. The number of unbranched alkanes of at least 4 members (excludes halogenated alkanes) is 8. The smallest absolute Gasteiger partial charge is 0.550 e. The van der Waals surface area contributed by atoms with E-state index in [-0.39, 0.29) is 35.5 Å². The van der Waals surface area contributed by atoms with Gasteiger partial charge in [-0.1, -0.05) is 57.4 Å². The van der Waals surface area contributed by atoms with Gasteiger partial charge in [-0.25, -0.2) is 0 Å². The maximum absolute atomic E-state index is 12.1. The zero-order chi connectivity index (χ0) is 17.6. The second-order valence-corrected chi connectivity index (χ2v) is 6.89. The third-order valence-corrected chi connectivity index (χ3v) is 4.92. The first-order valence-electron chi connectivity index (χ1n) is 9.65. The molecule has 5 heteroatoms. The molecule has 1 saturated carbocycles. The summed E-state index contributed by atoms with van der Waals surface area (Å²) >= 11 is 0. The van der Waals surface area contributed by atoms with Crippen molar-refractivity contribution < 1.29 is 49.0 Å². The fourth-order valence-electron chi connectivity index (χ4n) is 3.43. The van der Waals surface area contributed by atoms with Crippen LogP contribution >= 0.6 is 0 Å². The van der Waals surface area contributed by atoms with Crippen LogP contribution in [0.15, 0.2) is 12.7 Å². The first-order valence-corrected chi connectivity index (χ1v) is 9.65. The largest absolute Gasteiger partial charge is 1.00 e. The van der Waals surface area contributed by atoms with Gasteiger partial charge in [0.25, 0.3) is 0 Å². The molecule has 1 rings (SSSR count). The number of carbonyl (C=O) groups is 2. The number of allylic oxidation sites excluding steroid dienone is 1. The number of carbonyl (C=O) groups excluding carboxylic acids is 2. The summed E-state index contributed by atoms with van der Waals surface area (Å²) in [7, 11) is 0. The summed E-state index contributed by atoms with van der Waals surface area (Å²) in [6.07, 6.45) is 15.4. The third kappa shape index (κ3) is 11.1. The summed E-state index contributed by atoms with van der Waals surface area (Å²) in [6.45, 7) is 4.13. The maximum atomic E-state index is 12.1. The molecule has 1 aliphatic carbocycles. The van der Waals surface area contributed by atoms with Crippen LogP contribution in [0.5, 0.6) is 0 Å². The van der Waals surface area contributed by atoms with Crippen molar-refractivity contribution in [3.8, 4) is 0 Å². The van der Waals surface area contributed by atoms with Crippen molar-refractivity contribution >= 4 is 11.9 Å². The van der Waals surface area contributed by atoms with E-state index < -0.39 is 17.8 Å². The number of rotatable bonds is 13. The van der Waals surface area contributed by atoms with Crippen molar-refractivity contribution in [1.29, 1.82) is 0 Å². The Morgan fingerprint density at radius 1 is 0.920 bits per heavy atom. The van der Waals surface area contributed by atoms with Crippen LogP contribution in [-0.2, 0) is 14.3 Å². The first kappa shape index (κ1) is 24.7. The molecule has 0 aromatic rings. The van der Waals surface area contributed by atoms with E-state index in [2.05, 4.69) is 6.58 Å². The molecular weight excluding hydrogens is 327 g/mol. The van der Waals surface area contributed by atoms with Crippen LogP contribution in [0.1, 0.15) is 83.5 Å². The van der Waals surface area contributed by atoms with Crippen molar-refractivity contribution in [1.82, 2.24) is 0 Å². The van der Waals surface area contributed by atoms with Gasteiger partial charge in [0.15, 0.2) is 0 Å². The van der Waals surface area contributed by atoms with Crippen LogP contribution in [0, 0.1) is 11.8 Å². The van der Waals surface area contributed by atoms with Gasteiger partial charge in [0, 0.05) is 11.9 Å². The Balaban J connectivity index is 0.00000576. The van der Waals surface area contributed by atoms with Crippen LogP contribution < -0.4 is 34.7 Å². The van der Waals surface area contributed by atoms with E-state index in [1.54, 1.807) is 0 Å². The Bertz CT molecular complexity index is 384. The third-order valence-electron chi connectivity index (χ3n) is 4.92. The molecule has 0 aromatic heterocycles. The molecular formula is C20H33NaO4. The number of carboxylic acid groups (broad SMARTS) is 1. The van der Waals surface area contributed by atoms with Gasteiger partial charge < -0.3 is 14.6 Å². The minimum Gasteiger partial charge on any atom is -0.550 e. The zero-order valence-electron chi connectivity index (χ0n) is 16.0. The molecule has 2 unspecified atom stereocenters. The van der Waals surface area contributed by atoms with Gasteiger partial charge in [-0.15, -0.1) is 6.58 Å².